The molecule has 0 aromatic heterocycles. The van der Waals surface area contributed by atoms with Gasteiger partial charge in [0.05, 0.1) is 13.2 Å². The summed E-state index contributed by atoms with van der Waals surface area (Å²) in [5, 5.41) is 6.48. The van der Waals surface area contributed by atoms with Gasteiger partial charge in [-0.2, -0.15) is 0 Å². The fourth-order valence-electron chi connectivity index (χ4n) is 1.84. The van der Waals surface area contributed by atoms with Crippen LogP contribution in [0.15, 0.2) is 29.3 Å². The quantitative estimate of drug-likeness (QED) is 0.285. The van der Waals surface area contributed by atoms with Crippen LogP contribution in [0.25, 0.3) is 0 Å². The van der Waals surface area contributed by atoms with E-state index in [4.69, 9.17) is 16.3 Å². The topological polar surface area (TPSA) is 66.0 Å². The third kappa shape index (κ3) is 8.97. The molecule has 0 aliphatic rings. The summed E-state index contributed by atoms with van der Waals surface area (Å²) in [6.45, 7) is 1.83. The highest BCUT2D eigenvalue weighted by atomic mass is 127. The van der Waals surface area contributed by atoms with Crippen molar-refractivity contribution in [1.82, 2.24) is 15.5 Å². The van der Waals surface area contributed by atoms with Crippen LogP contribution in [-0.2, 0) is 16.1 Å². The van der Waals surface area contributed by atoms with Gasteiger partial charge < -0.3 is 20.3 Å². The Balaban J connectivity index is 0.00000484. The lowest BCUT2D eigenvalue weighted by atomic mass is 10.2. The van der Waals surface area contributed by atoms with Crippen molar-refractivity contribution >= 4 is 47.4 Å². The lowest BCUT2D eigenvalue weighted by Gasteiger charge is -2.22. The Morgan fingerprint density at radius 2 is 1.96 bits per heavy atom. The number of carbonyl (C=O) groups is 1. The van der Waals surface area contributed by atoms with Crippen molar-refractivity contribution in [2.45, 2.75) is 6.54 Å². The zero-order chi connectivity index (χ0) is 16.4. The second kappa shape index (κ2) is 12.4. The molecule has 130 valence electrons. The molecule has 0 aliphatic heterocycles. The van der Waals surface area contributed by atoms with Gasteiger partial charge in [0, 0.05) is 39.3 Å². The van der Waals surface area contributed by atoms with Gasteiger partial charge in [-0.15, -0.1) is 24.0 Å². The molecule has 0 aliphatic carbocycles. The molecule has 0 saturated heterocycles. The number of nitrogens with zero attached hydrogens (tertiary/aromatic N) is 2. The summed E-state index contributed by atoms with van der Waals surface area (Å²) in [6, 6.07) is 7.63. The Morgan fingerprint density at radius 1 is 1.30 bits per heavy atom. The first-order valence-electron chi connectivity index (χ1n) is 6.98. The monoisotopic (exact) mass is 454 g/mol. The SMILES string of the molecule is CN=C(NCC(=O)NCCOC)N(C)Cc1ccc(Cl)cc1.I. The van der Waals surface area contributed by atoms with Crippen molar-refractivity contribution in [3.05, 3.63) is 34.9 Å². The maximum absolute atomic E-state index is 11.6. The van der Waals surface area contributed by atoms with Crippen LogP contribution in [0.5, 0.6) is 0 Å². The van der Waals surface area contributed by atoms with Gasteiger partial charge in [0.15, 0.2) is 5.96 Å². The van der Waals surface area contributed by atoms with Gasteiger partial charge in [-0.25, -0.2) is 0 Å². The molecule has 0 saturated carbocycles. The molecular weight excluding hydrogens is 431 g/mol. The molecule has 1 rings (SSSR count). The van der Waals surface area contributed by atoms with Gasteiger partial charge in [-0.05, 0) is 17.7 Å². The van der Waals surface area contributed by atoms with Crippen molar-refractivity contribution < 1.29 is 9.53 Å². The van der Waals surface area contributed by atoms with E-state index in [0.29, 0.717) is 30.7 Å². The Morgan fingerprint density at radius 3 is 2.52 bits per heavy atom. The number of aliphatic imine (C=N–C) groups is 1. The number of benzene rings is 1. The maximum Gasteiger partial charge on any atom is 0.239 e. The summed E-state index contributed by atoms with van der Waals surface area (Å²) in [6.07, 6.45) is 0. The smallest absolute Gasteiger partial charge is 0.239 e. The zero-order valence-corrected chi connectivity index (χ0v) is 16.7. The average Bonchev–Trinajstić information content (AvgIpc) is 2.50. The number of carbonyl (C=O) groups excluding carboxylic acids is 1. The summed E-state index contributed by atoms with van der Waals surface area (Å²) >= 11 is 5.87. The first-order chi connectivity index (χ1) is 10.6. The predicted octanol–water partition coefficient (Wildman–Crippen LogP) is 1.73. The van der Waals surface area contributed by atoms with Crippen LogP contribution in [0.2, 0.25) is 5.02 Å². The lowest BCUT2D eigenvalue weighted by Crippen LogP contribution is -2.44. The fraction of sp³-hybridized carbons (Fsp3) is 0.467. The largest absolute Gasteiger partial charge is 0.383 e. The van der Waals surface area contributed by atoms with E-state index in [0.717, 1.165) is 5.56 Å². The Labute approximate surface area is 159 Å². The highest BCUT2D eigenvalue weighted by Crippen LogP contribution is 2.10. The van der Waals surface area contributed by atoms with E-state index >= 15 is 0 Å². The number of hydrogen-bond acceptors (Lipinski definition) is 3. The van der Waals surface area contributed by atoms with E-state index in [-0.39, 0.29) is 36.4 Å². The molecule has 1 amide bonds. The molecule has 0 radical (unpaired) electrons. The molecule has 1 aromatic rings. The number of rotatable bonds is 7. The number of guanidine groups is 1. The number of amides is 1. The third-order valence-electron chi connectivity index (χ3n) is 2.94. The van der Waals surface area contributed by atoms with Crippen LogP contribution >= 0.6 is 35.6 Å². The average molecular weight is 455 g/mol. The van der Waals surface area contributed by atoms with E-state index < -0.39 is 0 Å². The van der Waals surface area contributed by atoms with Gasteiger partial charge in [0.25, 0.3) is 0 Å². The first-order valence-corrected chi connectivity index (χ1v) is 7.36. The van der Waals surface area contributed by atoms with Gasteiger partial charge >= 0.3 is 0 Å². The predicted molar refractivity (Wildman–Crippen MR) is 105 cm³/mol. The van der Waals surface area contributed by atoms with Crippen molar-refractivity contribution in [3.8, 4) is 0 Å². The second-order valence-electron chi connectivity index (χ2n) is 4.73. The standard InChI is InChI=1S/C15H23ClN4O2.HI/c1-17-15(19-10-14(21)18-8-9-22-3)20(2)11-12-4-6-13(16)7-5-12;/h4-7H,8-11H2,1-3H3,(H,17,19)(H,18,21);1H. The maximum atomic E-state index is 11.6. The minimum Gasteiger partial charge on any atom is -0.383 e. The molecule has 1 aromatic carbocycles. The summed E-state index contributed by atoms with van der Waals surface area (Å²) in [5.74, 6) is 0.551. The number of ether oxygens (including phenoxy) is 1. The van der Waals surface area contributed by atoms with E-state index in [1.807, 2.05) is 36.2 Å². The number of methoxy groups -OCH3 is 1. The van der Waals surface area contributed by atoms with Gasteiger partial charge in [-0.3, -0.25) is 9.79 Å². The Kier molecular flexibility index (Phi) is 11.8. The van der Waals surface area contributed by atoms with Gasteiger partial charge in [0.1, 0.15) is 0 Å². The minimum atomic E-state index is -0.0990. The summed E-state index contributed by atoms with van der Waals surface area (Å²) in [5.41, 5.74) is 1.11. The van der Waals surface area contributed by atoms with E-state index in [1.165, 1.54) is 0 Å². The summed E-state index contributed by atoms with van der Waals surface area (Å²) < 4.78 is 4.88. The fourth-order valence-corrected chi connectivity index (χ4v) is 1.96. The van der Waals surface area contributed by atoms with Crippen LogP contribution in [-0.4, -0.2) is 57.7 Å². The number of nitrogens with one attached hydrogen (secondary N) is 2. The first kappa shape index (κ1) is 21.9. The minimum absolute atomic E-state index is 0. The second-order valence-corrected chi connectivity index (χ2v) is 5.16. The summed E-state index contributed by atoms with van der Waals surface area (Å²) in [7, 11) is 5.19. The molecule has 0 heterocycles. The molecule has 6 nitrogen and oxygen atoms in total. The van der Waals surface area contributed by atoms with E-state index in [9.17, 15) is 4.79 Å². The van der Waals surface area contributed by atoms with Crippen molar-refractivity contribution in [3.63, 3.8) is 0 Å². The molecule has 23 heavy (non-hydrogen) atoms. The van der Waals surface area contributed by atoms with Crippen LogP contribution < -0.4 is 10.6 Å². The Hall–Kier alpha value is -1.06. The van der Waals surface area contributed by atoms with Crippen LogP contribution in [0, 0.1) is 0 Å². The molecule has 8 heteroatoms. The molecule has 0 fully saturated rings. The molecule has 0 unspecified atom stereocenters. The van der Waals surface area contributed by atoms with E-state index in [2.05, 4.69) is 15.6 Å². The molecule has 0 atom stereocenters. The molecule has 0 spiro atoms. The van der Waals surface area contributed by atoms with Crippen LogP contribution in [0.1, 0.15) is 5.56 Å². The number of halogens is 2. The van der Waals surface area contributed by atoms with Crippen molar-refractivity contribution in [2.75, 3.05) is 40.9 Å². The summed E-state index contributed by atoms with van der Waals surface area (Å²) in [4.78, 5) is 17.7. The van der Waals surface area contributed by atoms with Crippen molar-refractivity contribution in [1.29, 1.82) is 0 Å². The number of hydrogen-bond donors (Lipinski definition) is 2. The highest BCUT2D eigenvalue weighted by molar-refractivity contribution is 14.0. The lowest BCUT2D eigenvalue weighted by molar-refractivity contribution is -0.120. The normalized spacial score (nSPS) is 10.7. The van der Waals surface area contributed by atoms with Gasteiger partial charge in [-0.1, -0.05) is 23.7 Å². The van der Waals surface area contributed by atoms with Crippen LogP contribution in [0.3, 0.4) is 0 Å². The molecule has 0 bridgehead atoms. The van der Waals surface area contributed by atoms with Crippen LogP contribution in [0.4, 0.5) is 0 Å². The molecule has 2 N–H and O–H groups in total. The highest BCUT2D eigenvalue weighted by Gasteiger charge is 2.08. The van der Waals surface area contributed by atoms with Gasteiger partial charge in [0.2, 0.25) is 5.91 Å². The Bertz CT molecular complexity index is 497. The zero-order valence-electron chi connectivity index (χ0n) is 13.6. The molecular formula is C15H24ClIN4O2. The third-order valence-corrected chi connectivity index (χ3v) is 3.19. The van der Waals surface area contributed by atoms with E-state index in [1.54, 1.807) is 14.2 Å². The van der Waals surface area contributed by atoms with Crippen molar-refractivity contribution in [2.24, 2.45) is 4.99 Å².